The zero-order valence-electron chi connectivity index (χ0n) is 12.1. The van der Waals surface area contributed by atoms with Crippen LogP contribution < -0.4 is 10.6 Å². The summed E-state index contributed by atoms with van der Waals surface area (Å²) in [6.45, 7) is 6.24. The lowest BCUT2D eigenvalue weighted by Gasteiger charge is -2.32. The fraction of sp³-hybridized carbons (Fsp3) is 0.571. The van der Waals surface area contributed by atoms with Gasteiger partial charge in [-0.2, -0.15) is 0 Å². The SMILES string of the molecule is CCN1CCOC(CNC(=O)c2ccncc2NC)C1. The molecule has 1 atom stereocenters. The van der Waals surface area contributed by atoms with Crippen LogP contribution in [0, 0.1) is 0 Å². The third-order valence-corrected chi connectivity index (χ3v) is 3.50. The van der Waals surface area contributed by atoms with Crippen molar-refractivity contribution in [3.63, 3.8) is 0 Å². The van der Waals surface area contributed by atoms with Crippen LogP contribution >= 0.6 is 0 Å². The molecular formula is C14H22N4O2. The molecule has 0 spiro atoms. The molecule has 1 aliphatic rings. The molecule has 0 radical (unpaired) electrons. The molecule has 2 rings (SSSR count). The summed E-state index contributed by atoms with van der Waals surface area (Å²) in [6, 6.07) is 1.71. The van der Waals surface area contributed by atoms with Crippen molar-refractivity contribution in [3.05, 3.63) is 24.0 Å². The highest BCUT2D eigenvalue weighted by Gasteiger charge is 2.20. The van der Waals surface area contributed by atoms with Crippen LogP contribution in [0.4, 0.5) is 5.69 Å². The summed E-state index contributed by atoms with van der Waals surface area (Å²) in [7, 11) is 1.77. The normalized spacial score (nSPS) is 19.6. The van der Waals surface area contributed by atoms with E-state index in [0.717, 1.165) is 31.9 Å². The molecule has 1 unspecified atom stereocenters. The number of nitrogens with zero attached hydrogens (tertiary/aromatic N) is 2. The lowest BCUT2D eigenvalue weighted by Crippen LogP contribution is -2.47. The van der Waals surface area contributed by atoms with Gasteiger partial charge in [0.1, 0.15) is 0 Å². The number of rotatable bonds is 5. The van der Waals surface area contributed by atoms with Crippen LogP contribution in [0.1, 0.15) is 17.3 Å². The van der Waals surface area contributed by atoms with Gasteiger partial charge in [-0.15, -0.1) is 0 Å². The maximum absolute atomic E-state index is 12.2. The van der Waals surface area contributed by atoms with E-state index in [4.69, 9.17) is 4.74 Å². The first-order valence-corrected chi connectivity index (χ1v) is 6.98. The minimum absolute atomic E-state index is 0.0625. The van der Waals surface area contributed by atoms with Crippen molar-refractivity contribution >= 4 is 11.6 Å². The number of ether oxygens (including phenoxy) is 1. The number of hydrogen-bond acceptors (Lipinski definition) is 5. The van der Waals surface area contributed by atoms with Crippen LogP contribution in [-0.2, 0) is 4.74 Å². The minimum atomic E-state index is -0.103. The molecule has 0 aliphatic carbocycles. The molecule has 0 saturated carbocycles. The molecule has 6 nitrogen and oxygen atoms in total. The lowest BCUT2D eigenvalue weighted by atomic mass is 10.2. The van der Waals surface area contributed by atoms with Gasteiger partial charge in [0.05, 0.1) is 30.2 Å². The van der Waals surface area contributed by atoms with Crippen molar-refractivity contribution in [2.45, 2.75) is 13.0 Å². The zero-order chi connectivity index (χ0) is 14.4. The molecule has 2 heterocycles. The minimum Gasteiger partial charge on any atom is -0.386 e. The predicted molar refractivity (Wildman–Crippen MR) is 78.0 cm³/mol. The summed E-state index contributed by atoms with van der Waals surface area (Å²) in [4.78, 5) is 18.5. The molecule has 1 aliphatic heterocycles. The van der Waals surface area contributed by atoms with E-state index in [0.29, 0.717) is 12.1 Å². The summed E-state index contributed by atoms with van der Waals surface area (Å²) < 4.78 is 5.67. The van der Waals surface area contributed by atoms with E-state index in [1.54, 1.807) is 25.5 Å². The van der Waals surface area contributed by atoms with E-state index < -0.39 is 0 Å². The largest absolute Gasteiger partial charge is 0.386 e. The molecule has 1 saturated heterocycles. The summed E-state index contributed by atoms with van der Waals surface area (Å²) in [5.41, 5.74) is 1.33. The van der Waals surface area contributed by atoms with E-state index >= 15 is 0 Å². The van der Waals surface area contributed by atoms with Crippen LogP contribution in [0.5, 0.6) is 0 Å². The van der Waals surface area contributed by atoms with Crippen LogP contribution in [0.3, 0.4) is 0 Å². The Bertz CT molecular complexity index is 453. The van der Waals surface area contributed by atoms with Gasteiger partial charge in [-0.05, 0) is 12.6 Å². The van der Waals surface area contributed by atoms with E-state index in [9.17, 15) is 4.79 Å². The van der Waals surface area contributed by atoms with Crippen molar-refractivity contribution in [2.75, 3.05) is 45.2 Å². The van der Waals surface area contributed by atoms with Gasteiger partial charge in [0.15, 0.2) is 0 Å². The maximum atomic E-state index is 12.2. The molecule has 1 fully saturated rings. The average Bonchev–Trinajstić information content (AvgIpc) is 2.52. The van der Waals surface area contributed by atoms with Crippen molar-refractivity contribution in [1.82, 2.24) is 15.2 Å². The van der Waals surface area contributed by atoms with Crippen LogP contribution in [-0.4, -0.2) is 61.7 Å². The first-order chi connectivity index (χ1) is 9.74. The molecule has 0 aromatic carbocycles. The number of morpholine rings is 1. The van der Waals surface area contributed by atoms with Gasteiger partial charge in [0.2, 0.25) is 0 Å². The number of likely N-dealkylation sites (N-methyl/N-ethyl adjacent to an activating group) is 1. The monoisotopic (exact) mass is 278 g/mol. The Labute approximate surface area is 119 Å². The maximum Gasteiger partial charge on any atom is 0.253 e. The van der Waals surface area contributed by atoms with Gasteiger partial charge in [-0.1, -0.05) is 6.92 Å². The second kappa shape index (κ2) is 7.21. The molecule has 110 valence electrons. The number of pyridine rings is 1. The van der Waals surface area contributed by atoms with Gasteiger partial charge < -0.3 is 15.4 Å². The number of hydrogen-bond donors (Lipinski definition) is 2. The second-order valence-corrected chi connectivity index (χ2v) is 4.77. The predicted octanol–water partition coefficient (Wildman–Crippen LogP) is 0.574. The lowest BCUT2D eigenvalue weighted by molar-refractivity contribution is -0.0246. The number of amides is 1. The fourth-order valence-electron chi connectivity index (χ4n) is 2.28. The number of nitrogens with one attached hydrogen (secondary N) is 2. The Morgan fingerprint density at radius 3 is 3.20 bits per heavy atom. The number of carbonyl (C=O) groups excluding carboxylic acids is 1. The smallest absolute Gasteiger partial charge is 0.253 e. The van der Waals surface area contributed by atoms with Gasteiger partial charge in [-0.25, -0.2) is 0 Å². The highest BCUT2D eigenvalue weighted by molar-refractivity contribution is 5.99. The highest BCUT2D eigenvalue weighted by atomic mass is 16.5. The van der Waals surface area contributed by atoms with Crippen molar-refractivity contribution in [3.8, 4) is 0 Å². The molecule has 1 aromatic heterocycles. The Kier molecular flexibility index (Phi) is 5.31. The highest BCUT2D eigenvalue weighted by Crippen LogP contribution is 2.12. The number of carbonyl (C=O) groups is 1. The van der Waals surface area contributed by atoms with Gasteiger partial charge >= 0.3 is 0 Å². The Morgan fingerprint density at radius 2 is 2.45 bits per heavy atom. The van der Waals surface area contributed by atoms with E-state index in [2.05, 4.69) is 27.4 Å². The summed E-state index contributed by atoms with van der Waals surface area (Å²) in [5, 5.41) is 5.90. The number of anilines is 1. The first kappa shape index (κ1) is 14.7. The molecular weight excluding hydrogens is 256 g/mol. The van der Waals surface area contributed by atoms with E-state index in [-0.39, 0.29) is 12.0 Å². The van der Waals surface area contributed by atoms with E-state index in [1.807, 2.05) is 0 Å². The second-order valence-electron chi connectivity index (χ2n) is 4.77. The quantitative estimate of drug-likeness (QED) is 0.824. The average molecular weight is 278 g/mol. The van der Waals surface area contributed by atoms with Crippen LogP contribution in [0.15, 0.2) is 18.5 Å². The zero-order valence-corrected chi connectivity index (χ0v) is 12.1. The topological polar surface area (TPSA) is 66.5 Å². The van der Waals surface area contributed by atoms with Crippen LogP contribution in [0.25, 0.3) is 0 Å². The molecule has 1 aromatic rings. The molecule has 2 N–H and O–H groups in total. The summed E-state index contributed by atoms with van der Waals surface area (Å²) in [5.74, 6) is -0.103. The van der Waals surface area contributed by atoms with Crippen molar-refractivity contribution in [2.24, 2.45) is 0 Å². The standard InChI is InChI=1S/C14H22N4O2/c1-3-18-6-7-20-11(10-18)8-17-14(19)12-4-5-16-9-13(12)15-2/h4-5,9,11,15H,3,6-8,10H2,1-2H3,(H,17,19). The van der Waals surface area contributed by atoms with Gasteiger partial charge in [-0.3, -0.25) is 14.7 Å². The van der Waals surface area contributed by atoms with Crippen LogP contribution in [0.2, 0.25) is 0 Å². The Balaban J connectivity index is 1.88. The van der Waals surface area contributed by atoms with E-state index in [1.165, 1.54) is 0 Å². The summed E-state index contributed by atoms with van der Waals surface area (Å²) in [6.07, 6.45) is 3.32. The Morgan fingerprint density at radius 1 is 1.60 bits per heavy atom. The van der Waals surface area contributed by atoms with Crippen molar-refractivity contribution < 1.29 is 9.53 Å². The molecule has 0 bridgehead atoms. The third kappa shape index (κ3) is 3.68. The van der Waals surface area contributed by atoms with Gasteiger partial charge in [0.25, 0.3) is 5.91 Å². The van der Waals surface area contributed by atoms with Gasteiger partial charge in [0, 0.05) is 32.9 Å². The van der Waals surface area contributed by atoms with Crippen molar-refractivity contribution in [1.29, 1.82) is 0 Å². The summed E-state index contributed by atoms with van der Waals surface area (Å²) >= 11 is 0. The first-order valence-electron chi connectivity index (χ1n) is 6.98. The third-order valence-electron chi connectivity index (χ3n) is 3.50. The Hall–Kier alpha value is -1.66. The molecule has 6 heteroatoms. The fourth-order valence-corrected chi connectivity index (χ4v) is 2.28. The molecule has 1 amide bonds. The number of aromatic nitrogens is 1. The molecule has 20 heavy (non-hydrogen) atoms.